The van der Waals surface area contributed by atoms with Crippen molar-refractivity contribution in [3.8, 4) is 11.5 Å². The Balaban J connectivity index is 1.45. The van der Waals surface area contributed by atoms with E-state index in [1.165, 1.54) is 0 Å². The molecule has 1 fully saturated rings. The topological polar surface area (TPSA) is 51.7 Å². The van der Waals surface area contributed by atoms with E-state index in [9.17, 15) is 4.79 Å². The van der Waals surface area contributed by atoms with Crippen molar-refractivity contribution in [2.75, 3.05) is 19.8 Å². The average Bonchev–Trinajstić information content (AvgIpc) is 3.22. The van der Waals surface area contributed by atoms with Crippen molar-refractivity contribution in [2.24, 2.45) is 0 Å². The minimum atomic E-state index is -0.0156. The fraction of sp³-hybridized carbons (Fsp3) is 0.273. The second kappa shape index (κ2) is 6.58. The van der Waals surface area contributed by atoms with E-state index in [1.807, 2.05) is 59.5 Å². The maximum absolute atomic E-state index is 13.2. The van der Waals surface area contributed by atoms with Gasteiger partial charge in [-0.25, -0.2) is 4.98 Å². The molecule has 136 valence electrons. The second-order valence-electron chi connectivity index (χ2n) is 6.95. The predicted octanol–water partition coefficient (Wildman–Crippen LogP) is 3.98. The Morgan fingerprint density at radius 3 is 2.78 bits per heavy atom. The van der Waals surface area contributed by atoms with Gasteiger partial charge in [0.1, 0.15) is 18.9 Å². The highest BCUT2D eigenvalue weighted by atomic mass is 16.6. The molecule has 3 aromatic rings. The Morgan fingerprint density at radius 1 is 1.00 bits per heavy atom. The van der Waals surface area contributed by atoms with Crippen molar-refractivity contribution in [2.45, 2.75) is 18.9 Å². The average molecular weight is 360 g/mol. The number of hydrogen-bond acceptors (Lipinski definition) is 4. The number of likely N-dealkylation sites (tertiary alicyclic amines) is 1. The molecule has 2 aliphatic rings. The molecule has 0 radical (unpaired) electrons. The Labute approximate surface area is 157 Å². The van der Waals surface area contributed by atoms with Crippen LogP contribution in [0.5, 0.6) is 11.5 Å². The van der Waals surface area contributed by atoms with Gasteiger partial charge in [-0.1, -0.05) is 30.3 Å². The third-order valence-corrected chi connectivity index (χ3v) is 5.28. The third-order valence-electron chi connectivity index (χ3n) is 5.28. The molecule has 2 aromatic carbocycles. The Bertz CT molecular complexity index is 1020. The van der Waals surface area contributed by atoms with Gasteiger partial charge in [0.05, 0.1) is 11.6 Å². The first-order valence-corrected chi connectivity index (χ1v) is 9.36. The highest BCUT2D eigenvalue weighted by molar-refractivity contribution is 5.95. The number of fused-ring (bicyclic) bond motifs is 2. The molecule has 0 saturated carbocycles. The minimum Gasteiger partial charge on any atom is -0.486 e. The summed E-state index contributed by atoms with van der Waals surface area (Å²) in [5.41, 5.74) is 2.43. The van der Waals surface area contributed by atoms with E-state index in [-0.39, 0.29) is 11.9 Å². The van der Waals surface area contributed by atoms with Crippen molar-refractivity contribution >= 4 is 16.8 Å². The quantitative estimate of drug-likeness (QED) is 0.694. The molecule has 0 spiro atoms. The van der Waals surface area contributed by atoms with Crippen molar-refractivity contribution in [3.63, 3.8) is 0 Å². The van der Waals surface area contributed by atoms with Crippen molar-refractivity contribution < 1.29 is 14.3 Å². The van der Waals surface area contributed by atoms with Gasteiger partial charge < -0.3 is 14.4 Å². The largest absolute Gasteiger partial charge is 0.486 e. The lowest BCUT2D eigenvalue weighted by Gasteiger charge is -2.26. The maximum atomic E-state index is 13.2. The third kappa shape index (κ3) is 2.89. The zero-order chi connectivity index (χ0) is 18.2. The van der Waals surface area contributed by atoms with Crippen LogP contribution in [0.1, 0.15) is 34.9 Å². The summed E-state index contributed by atoms with van der Waals surface area (Å²) < 4.78 is 11.3. The second-order valence-corrected chi connectivity index (χ2v) is 6.95. The lowest BCUT2D eigenvalue weighted by molar-refractivity contribution is 0.0729. The molecular weight excluding hydrogens is 340 g/mol. The van der Waals surface area contributed by atoms with Gasteiger partial charge in [-0.3, -0.25) is 4.79 Å². The molecule has 27 heavy (non-hydrogen) atoms. The monoisotopic (exact) mass is 360 g/mol. The highest BCUT2D eigenvalue weighted by Crippen LogP contribution is 2.38. The number of nitrogens with zero attached hydrogens (tertiary/aromatic N) is 2. The number of benzene rings is 2. The number of carbonyl (C=O) groups excluding carboxylic acids is 1. The molecule has 1 amide bonds. The zero-order valence-electron chi connectivity index (χ0n) is 14.9. The Morgan fingerprint density at radius 2 is 1.85 bits per heavy atom. The summed E-state index contributed by atoms with van der Waals surface area (Å²) in [5.74, 6) is 1.53. The van der Waals surface area contributed by atoms with Gasteiger partial charge in [0.2, 0.25) is 0 Å². The van der Waals surface area contributed by atoms with Gasteiger partial charge in [0.15, 0.2) is 11.5 Å². The van der Waals surface area contributed by atoms with Gasteiger partial charge in [0, 0.05) is 11.9 Å². The predicted molar refractivity (Wildman–Crippen MR) is 102 cm³/mol. The first-order chi connectivity index (χ1) is 13.3. The van der Waals surface area contributed by atoms with E-state index in [4.69, 9.17) is 9.47 Å². The van der Waals surface area contributed by atoms with E-state index in [0.29, 0.717) is 18.9 Å². The van der Waals surface area contributed by atoms with Gasteiger partial charge in [-0.15, -0.1) is 0 Å². The van der Waals surface area contributed by atoms with Crippen molar-refractivity contribution in [3.05, 3.63) is 65.9 Å². The van der Waals surface area contributed by atoms with Crippen LogP contribution in [-0.4, -0.2) is 35.5 Å². The van der Waals surface area contributed by atoms with Crippen LogP contribution in [-0.2, 0) is 0 Å². The molecule has 2 aliphatic heterocycles. The number of aromatic nitrogens is 1. The number of carbonyl (C=O) groups is 1. The summed E-state index contributed by atoms with van der Waals surface area (Å²) in [6, 6.07) is 17.7. The summed E-state index contributed by atoms with van der Waals surface area (Å²) in [5, 5.41) is 1.04. The van der Waals surface area contributed by atoms with Gasteiger partial charge in [0.25, 0.3) is 5.91 Å². The number of ether oxygens (including phenoxy) is 2. The smallest absolute Gasteiger partial charge is 0.272 e. The van der Waals surface area contributed by atoms with Crippen LogP contribution in [0.15, 0.2) is 54.6 Å². The van der Waals surface area contributed by atoms with E-state index < -0.39 is 0 Å². The maximum Gasteiger partial charge on any atom is 0.272 e. The Hall–Kier alpha value is -3.08. The van der Waals surface area contributed by atoms with Gasteiger partial charge in [-0.05, 0) is 42.7 Å². The summed E-state index contributed by atoms with van der Waals surface area (Å²) >= 11 is 0. The molecule has 1 atom stereocenters. The molecule has 1 aromatic heterocycles. The molecule has 5 heteroatoms. The van der Waals surface area contributed by atoms with E-state index in [0.717, 1.165) is 47.4 Å². The fourth-order valence-electron chi connectivity index (χ4n) is 3.96. The first kappa shape index (κ1) is 16.1. The van der Waals surface area contributed by atoms with Crippen LogP contribution >= 0.6 is 0 Å². The van der Waals surface area contributed by atoms with Crippen LogP contribution in [0.4, 0.5) is 0 Å². The highest BCUT2D eigenvalue weighted by Gasteiger charge is 2.32. The van der Waals surface area contributed by atoms with E-state index in [1.54, 1.807) is 0 Å². The lowest BCUT2D eigenvalue weighted by Crippen LogP contribution is -2.31. The normalized spacial score (nSPS) is 18.7. The zero-order valence-corrected chi connectivity index (χ0v) is 14.9. The van der Waals surface area contributed by atoms with Crippen molar-refractivity contribution in [1.29, 1.82) is 0 Å². The van der Waals surface area contributed by atoms with Gasteiger partial charge in [-0.2, -0.15) is 0 Å². The first-order valence-electron chi connectivity index (χ1n) is 9.36. The van der Waals surface area contributed by atoms with Crippen LogP contribution in [0, 0.1) is 0 Å². The summed E-state index contributed by atoms with van der Waals surface area (Å²) in [6.07, 6.45) is 1.93. The molecule has 1 saturated heterocycles. The molecule has 0 unspecified atom stereocenters. The Kier molecular flexibility index (Phi) is 3.93. The number of hydrogen-bond donors (Lipinski definition) is 0. The van der Waals surface area contributed by atoms with E-state index in [2.05, 4.69) is 4.98 Å². The van der Waals surface area contributed by atoms with Crippen LogP contribution < -0.4 is 9.47 Å². The fourth-order valence-corrected chi connectivity index (χ4v) is 3.96. The number of para-hydroxylation sites is 1. The summed E-state index contributed by atoms with van der Waals surface area (Å²) in [6.45, 7) is 1.88. The van der Waals surface area contributed by atoms with E-state index >= 15 is 0 Å². The van der Waals surface area contributed by atoms with Crippen LogP contribution in [0.25, 0.3) is 10.9 Å². The SMILES string of the molecule is O=C(c1ccc2ccccc2n1)N1CCC[C@@H]1c1ccc2c(c1)OCCO2. The van der Waals surface area contributed by atoms with Gasteiger partial charge >= 0.3 is 0 Å². The minimum absolute atomic E-state index is 0.0156. The summed E-state index contributed by atoms with van der Waals surface area (Å²) in [4.78, 5) is 19.7. The molecule has 0 N–H and O–H groups in total. The molecule has 5 rings (SSSR count). The van der Waals surface area contributed by atoms with Crippen molar-refractivity contribution in [1.82, 2.24) is 9.88 Å². The standard InChI is InChI=1S/C22H20N2O3/c25-22(18-9-7-15-4-1-2-5-17(15)23-18)24-11-3-6-19(24)16-8-10-20-21(14-16)27-13-12-26-20/h1-2,4-5,7-10,14,19H,3,6,11-13H2/t19-/m1/s1. The number of rotatable bonds is 2. The summed E-state index contributed by atoms with van der Waals surface area (Å²) in [7, 11) is 0. The molecule has 0 bridgehead atoms. The van der Waals surface area contributed by atoms with Crippen LogP contribution in [0.3, 0.4) is 0 Å². The number of pyridine rings is 1. The molecule has 3 heterocycles. The lowest BCUT2D eigenvalue weighted by atomic mass is 10.0. The molecule has 0 aliphatic carbocycles. The molecular formula is C22H20N2O3. The van der Waals surface area contributed by atoms with Crippen LogP contribution in [0.2, 0.25) is 0 Å². The molecule has 5 nitrogen and oxygen atoms in total. The number of amides is 1.